The second-order valence-electron chi connectivity index (χ2n) is 14.7. The Kier molecular flexibility index (Phi) is 17.6. The maximum atomic E-state index is 12.9. The minimum Gasteiger partial charge on any atom is -0.459 e. The third-order valence-corrected chi connectivity index (χ3v) is 6.55. The van der Waals surface area contributed by atoms with Crippen LogP contribution < -0.4 is 10.6 Å². The van der Waals surface area contributed by atoms with Gasteiger partial charge in [0, 0.05) is 65.4 Å². The first kappa shape index (κ1) is 42.0. The molecule has 0 saturated carbocycles. The SMILES string of the molecule is C=CC(=O)NCCNC(=O)CN1CCN(CC(=O)OC(C)(C)C)CCN(CC(=O)OC(C)(C)C)CCN(CC(=O)OC(C)(C)C)CC1. The number of rotatable bonds is 12. The fraction of sp³-hybridized carbons (Fsp3) is 0.788. The smallest absolute Gasteiger partial charge is 0.320 e. The second-order valence-corrected chi connectivity index (χ2v) is 14.7. The number of hydrogen-bond donors (Lipinski definition) is 2. The molecule has 14 heteroatoms. The molecule has 2 amide bonds. The lowest BCUT2D eigenvalue weighted by atomic mass is 10.2. The Hall–Kier alpha value is -3.07. The summed E-state index contributed by atoms with van der Waals surface area (Å²) in [6.45, 7) is 24.2. The third kappa shape index (κ3) is 22.2. The van der Waals surface area contributed by atoms with Gasteiger partial charge in [-0.2, -0.15) is 0 Å². The molecule has 270 valence electrons. The van der Waals surface area contributed by atoms with Crippen molar-refractivity contribution in [3.05, 3.63) is 12.7 Å². The highest BCUT2D eigenvalue weighted by Gasteiger charge is 2.26. The molecule has 1 aliphatic rings. The molecule has 0 bridgehead atoms. The molecule has 0 aliphatic carbocycles. The minimum absolute atomic E-state index is 0.0470. The highest BCUT2D eigenvalue weighted by Crippen LogP contribution is 2.11. The van der Waals surface area contributed by atoms with Crippen LogP contribution in [0.25, 0.3) is 0 Å². The molecule has 2 N–H and O–H groups in total. The maximum Gasteiger partial charge on any atom is 0.320 e. The summed E-state index contributed by atoms with van der Waals surface area (Å²) in [4.78, 5) is 70.6. The lowest BCUT2D eigenvalue weighted by Crippen LogP contribution is -2.50. The Labute approximate surface area is 281 Å². The first-order valence-corrected chi connectivity index (χ1v) is 16.4. The van der Waals surface area contributed by atoms with E-state index in [2.05, 4.69) is 17.2 Å². The van der Waals surface area contributed by atoms with Gasteiger partial charge in [0.25, 0.3) is 0 Å². The van der Waals surface area contributed by atoms with Crippen LogP contribution in [0.3, 0.4) is 0 Å². The molecule has 1 heterocycles. The van der Waals surface area contributed by atoms with Crippen molar-refractivity contribution in [1.82, 2.24) is 30.2 Å². The van der Waals surface area contributed by atoms with Crippen molar-refractivity contribution >= 4 is 29.7 Å². The van der Waals surface area contributed by atoms with Gasteiger partial charge in [-0.05, 0) is 68.4 Å². The predicted octanol–water partition coefficient (Wildman–Crippen LogP) is 0.652. The van der Waals surface area contributed by atoms with Crippen LogP contribution in [-0.4, -0.2) is 158 Å². The first-order chi connectivity index (χ1) is 21.6. The lowest BCUT2D eigenvalue weighted by molar-refractivity contribution is -0.158. The molecule has 47 heavy (non-hydrogen) atoms. The molecule has 1 fully saturated rings. The van der Waals surface area contributed by atoms with Gasteiger partial charge in [-0.1, -0.05) is 6.58 Å². The average Bonchev–Trinajstić information content (AvgIpc) is 2.89. The molecule has 0 spiro atoms. The van der Waals surface area contributed by atoms with Gasteiger partial charge in [0.05, 0.1) is 26.2 Å². The number of amides is 2. The summed E-state index contributed by atoms with van der Waals surface area (Å²) in [5.41, 5.74) is -1.91. The monoisotopic (exact) mass is 668 g/mol. The van der Waals surface area contributed by atoms with Crippen LogP contribution >= 0.6 is 0 Å². The third-order valence-electron chi connectivity index (χ3n) is 6.55. The highest BCUT2D eigenvalue weighted by molar-refractivity contribution is 5.86. The number of nitrogens with zero attached hydrogens (tertiary/aromatic N) is 4. The number of hydrogen-bond acceptors (Lipinski definition) is 12. The van der Waals surface area contributed by atoms with Crippen molar-refractivity contribution in [3.63, 3.8) is 0 Å². The topological polar surface area (TPSA) is 150 Å². The molecule has 0 unspecified atom stereocenters. The fourth-order valence-corrected chi connectivity index (χ4v) is 4.60. The Morgan fingerprint density at radius 3 is 1.09 bits per heavy atom. The molecule has 14 nitrogen and oxygen atoms in total. The van der Waals surface area contributed by atoms with Gasteiger partial charge in [0.2, 0.25) is 11.8 Å². The van der Waals surface area contributed by atoms with Crippen molar-refractivity contribution in [2.75, 3.05) is 91.6 Å². The van der Waals surface area contributed by atoms with Crippen LogP contribution in [0, 0.1) is 0 Å². The molecular formula is C33H60N6O8. The molecule has 0 aromatic carbocycles. The zero-order chi connectivity index (χ0) is 35.8. The van der Waals surface area contributed by atoms with E-state index < -0.39 is 16.8 Å². The van der Waals surface area contributed by atoms with Crippen LogP contribution in [0.1, 0.15) is 62.3 Å². The van der Waals surface area contributed by atoms with E-state index >= 15 is 0 Å². The Bertz CT molecular complexity index is 1000. The standard InChI is InChI=1S/C33H60N6O8/c1-11-26(40)34-12-13-35-27(41)22-36-14-16-37(23-28(42)45-31(2,3)4)18-20-39(25-30(44)47-33(8,9)10)21-19-38(17-15-36)24-29(43)46-32(5,6)7/h11H,1,12-25H2,2-10H3,(H,34,40)(H,35,41). The largest absolute Gasteiger partial charge is 0.459 e. The quantitative estimate of drug-likeness (QED) is 0.130. The summed E-state index contributed by atoms with van der Waals surface area (Å²) in [6, 6.07) is 0. The lowest BCUT2D eigenvalue weighted by Gasteiger charge is -2.34. The van der Waals surface area contributed by atoms with Gasteiger partial charge in [-0.15, -0.1) is 0 Å². The van der Waals surface area contributed by atoms with Gasteiger partial charge in [0.1, 0.15) is 16.8 Å². The van der Waals surface area contributed by atoms with E-state index in [0.29, 0.717) is 52.4 Å². The van der Waals surface area contributed by atoms with E-state index in [4.69, 9.17) is 14.2 Å². The molecular weight excluding hydrogens is 608 g/mol. The van der Waals surface area contributed by atoms with Crippen LogP contribution in [0.2, 0.25) is 0 Å². The number of nitrogens with one attached hydrogen (secondary N) is 2. The Morgan fingerprint density at radius 2 is 0.809 bits per heavy atom. The summed E-state index contributed by atoms with van der Waals surface area (Å²) in [5.74, 6) is -1.62. The van der Waals surface area contributed by atoms with Gasteiger partial charge in [-0.25, -0.2) is 0 Å². The zero-order valence-electron chi connectivity index (χ0n) is 30.2. The molecule has 1 rings (SSSR count). The Balaban J connectivity index is 3.17. The van der Waals surface area contributed by atoms with Crippen molar-refractivity contribution in [2.45, 2.75) is 79.1 Å². The summed E-state index contributed by atoms with van der Waals surface area (Å²) >= 11 is 0. The first-order valence-electron chi connectivity index (χ1n) is 16.4. The fourth-order valence-electron chi connectivity index (χ4n) is 4.60. The predicted molar refractivity (Wildman–Crippen MR) is 180 cm³/mol. The summed E-state index contributed by atoms with van der Waals surface area (Å²) < 4.78 is 16.8. The zero-order valence-corrected chi connectivity index (χ0v) is 30.2. The van der Waals surface area contributed by atoms with Crippen LogP contribution in [0.4, 0.5) is 0 Å². The van der Waals surface area contributed by atoms with E-state index in [1.807, 2.05) is 81.9 Å². The van der Waals surface area contributed by atoms with E-state index in [1.54, 1.807) is 0 Å². The van der Waals surface area contributed by atoms with Crippen molar-refractivity contribution in [3.8, 4) is 0 Å². The van der Waals surface area contributed by atoms with E-state index in [0.717, 1.165) is 0 Å². The van der Waals surface area contributed by atoms with Crippen molar-refractivity contribution < 1.29 is 38.2 Å². The number of carbonyl (C=O) groups is 5. The highest BCUT2D eigenvalue weighted by atomic mass is 16.6. The van der Waals surface area contributed by atoms with E-state index in [1.165, 1.54) is 6.08 Å². The Morgan fingerprint density at radius 1 is 0.532 bits per heavy atom. The summed E-state index contributed by atoms with van der Waals surface area (Å²) in [7, 11) is 0. The van der Waals surface area contributed by atoms with Crippen molar-refractivity contribution in [2.24, 2.45) is 0 Å². The molecule has 1 aliphatic heterocycles. The summed E-state index contributed by atoms with van der Waals surface area (Å²) in [5, 5.41) is 5.44. The van der Waals surface area contributed by atoms with Gasteiger partial charge in [0.15, 0.2) is 0 Å². The number of ether oxygens (including phenoxy) is 3. The number of carbonyl (C=O) groups excluding carboxylic acids is 5. The molecule has 0 atom stereocenters. The van der Waals surface area contributed by atoms with Gasteiger partial charge >= 0.3 is 17.9 Å². The van der Waals surface area contributed by atoms with Crippen LogP contribution in [0.15, 0.2) is 12.7 Å². The van der Waals surface area contributed by atoms with Crippen LogP contribution in [-0.2, 0) is 38.2 Å². The maximum absolute atomic E-state index is 12.9. The van der Waals surface area contributed by atoms with Crippen LogP contribution in [0.5, 0.6) is 0 Å². The minimum atomic E-state index is -0.640. The van der Waals surface area contributed by atoms with Gasteiger partial charge in [-0.3, -0.25) is 43.6 Å². The van der Waals surface area contributed by atoms with E-state index in [-0.39, 0.29) is 69.0 Å². The molecule has 0 radical (unpaired) electrons. The summed E-state index contributed by atoms with van der Waals surface area (Å²) in [6.07, 6.45) is 1.17. The van der Waals surface area contributed by atoms with E-state index in [9.17, 15) is 24.0 Å². The molecule has 0 aromatic heterocycles. The second kappa shape index (κ2) is 19.7. The molecule has 1 saturated heterocycles. The van der Waals surface area contributed by atoms with Gasteiger partial charge < -0.3 is 24.8 Å². The normalized spacial score (nSPS) is 17.0. The number of esters is 3. The van der Waals surface area contributed by atoms with Crippen molar-refractivity contribution in [1.29, 1.82) is 0 Å². The molecule has 0 aromatic rings. The average molecular weight is 669 g/mol.